The van der Waals surface area contributed by atoms with E-state index in [2.05, 4.69) is 25.1 Å². The summed E-state index contributed by atoms with van der Waals surface area (Å²) < 4.78 is 37.5. The van der Waals surface area contributed by atoms with Crippen LogP contribution in [0.25, 0.3) is 11.4 Å². The average molecular weight is 377 g/mol. The van der Waals surface area contributed by atoms with Crippen LogP contribution in [0.2, 0.25) is 0 Å². The molecule has 0 unspecified atom stereocenters. The smallest absolute Gasteiger partial charge is 0.244 e. The van der Waals surface area contributed by atoms with Crippen molar-refractivity contribution in [3.63, 3.8) is 0 Å². The second kappa shape index (κ2) is 7.26. The van der Waals surface area contributed by atoms with Crippen LogP contribution in [-0.2, 0) is 16.4 Å². The van der Waals surface area contributed by atoms with Crippen molar-refractivity contribution in [2.24, 2.45) is 0 Å². The lowest BCUT2D eigenvalue weighted by atomic mass is 10.2. The van der Waals surface area contributed by atoms with E-state index in [0.29, 0.717) is 23.1 Å². The van der Waals surface area contributed by atoms with Gasteiger partial charge in [0.2, 0.25) is 21.7 Å². The highest BCUT2D eigenvalue weighted by Crippen LogP contribution is 2.20. The zero-order valence-electron chi connectivity index (χ0n) is 14.6. The molecule has 0 radical (unpaired) electrons. The monoisotopic (exact) mass is 377 g/mol. The number of aromatic nitrogens is 4. The molecule has 10 heteroatoms. The number of hydrogen-bond donors (Lipinski definition) is 2. The van der Waals surface area contributed by atoms with Crippen molar-refractivity contribution in [1.29, 1.82) is 0 Å². The van der Waals surface area contributed by atoms with E-state index in [9.17, 15) is 8.42 Å². The molecule has 1 aromatic carbocycles. The molecule has 2 aromatic heterocycles. The van der Waals surface area contributed by atoms with E-state index in [4.69, 9.17) is 9.26 Å². The van der Waals surface area contributed by atoms with E-state index in [-0.39, 0.29) is 17.9 Å². The minimum absolute atomic E-state index is 0.136. The summed E-state index contributed by atoms with van der Waals surface area (Å²) in [6.45, 7) is 3.43. The Bertz CT molecular complexity index is 973. The van der Waals surface area contributed by atoms with E-state index in [0.717, 1.165) is 11.3 Å². The first-order chi connectivity index (χ1) is 12.4. The van der Waals surface area contributed by atoms with Gasteiger partial charge in [0.15, 0.2) is 0 Å². The summed E-state index contributed by atoms with van der Waals surface area (Å²) in [6.07, 6.45) is 0.276. The number of aryl methyl sites for hydroxylation is 2. The van der Waals surface area contributed by atoms with Crippen molar-refractivity contribution < 1.29 is 17.7 Å². The molecule has 3 rings (SSSR count). The third kappa shape index (κ3) is 3.75. The SMILES string of the molecule is COc1ccc(-c2noc(CCNS(=O)(=O)c3c(C)n[nH]c3C)n2)cc1. The normalized spacial score (nSPS) is 11.7. The van der Waals surface area contributed by atoms with Crippen molar-refractivity contribution >= 4 is 10.0 Å². The minimum atomic E-state index is -3.65. The summed E-state index contributed by atoms with van der Waals surface area (Å²) in [4.78, 5) is 4.45. The van der Waals surface area contributed by atoms with Gasteiger partial charge in [-0.2, -0.15) is 10.1 Å². The molecule has 9 nitrogen and oxygen atoms in total. The topological polar surface area (TPSA) is 123 Å². The molecule has 0 amide bonds. The molecule has 0 saturated carbocycles. The molecule has 0 atom stereocenters. The lowest BCUT2D eigenvalue weighted by Gasteiger charge is -2.05. The zero-order valence-corrected chi connectivity index (χ0v) is 15.4. The van der Waals surface area contributed by atoms with E-state index in [1.807, 2.05) is 12.1 Å². The summed E-state index contributed by atoms with van der Waals surface area (Å²) in [6, 6.07) is 7.24. The lowest BCUT2D eigenvalue weighted by Crippen LogP contribution is -2.27. The van der Waals surface area contributed by atoms with E-state index >= 15 is 0 Å². The fourth-order valence-corrected chi connectivity index (χ4v) is 3.91. The predicted octanol–water partition coefficient (Wildman–Crippen LogP) is 1.61. The average Bonchev–Trinajstić information content (AvgIpc) is 3.22. The van der Waals surface area contributed by atoms with Gasteiger partial charge in [0, 0.05) is 18.5 Å². The number of sulfonamides is 1. The Labute approximate surface area is 150 Å². The molecular weight excluding hydrogens is 358 g/mol. The third-order valence-electron chi connectivity index (χ3n) is 3.78. The summed E-state index contributed by atoms with van der Waals surface area (Å²) >= 11 is 0. The molecule has 0 aliphatic rings. The first-order valence-electron chi connectivity index (χ1n) is 7.89. The molecule has 138 valence electrons. The maximum absolute atomic E-state index is 12.4. The number of rotatable bonds is 7. The fraction of sp³-hybridized carbons (Fsp3) is 0.312. The Morgan fingerprint density at radius 1 is 1.23 bits per heavy atom. The van der Waals surface area contributed by atoms with Gasteiger partial charge in [-0.3, -0.25) is 5.10 Å². The predicted molar refractivity (Wildman–Crippen MR) is 93.2 cm³/mol. The molecular formula is C16H19N5O4S. The van der Waals surface area contributed by atoms with Crippen LogP contribution in [0.15, 0.2) is 33.7 Å². The summed E-state index contributed by atoms with van der Waals surface area (Å²) in [5.41, 5.74) is 1.70. The molecule has 2 N–H and O–H groups in total. The van der Waals surface area contributed by atoms with Crippen LogP contribution >= 0.6 is 0 Å². The van der Waals surface area contributed by atoms with Crippen LogP contribution in [0.5, 0.6) is 5.75 Å². The van der Waals surface area contributed by atoms with Gasteiger partial charge in [-0.15, -0.1) is 0 Å². The first-order valence-corrected chi connectivity index (χ1v) is 9.37. The van der Waals surface area contributed by atoms with E-state index in [1.54, 1.807) is 33.1 Å². The molecule has 0 spiro atoms. The maximum atomic E-state index is 12.4. The van der Waals surface area contributed by atoms with Gasteiger partial charge in [0.05, 0.1) is 18.5 Å². The number of methoxy groups -OCH3 is 1. The molecule has 0 saturated heterocycles. The van der Waals surface area contributed by atoms with Gasteiger partial charge in [-0.25, -0.2) is 13.1 Å². The number of benzene rings is 1. The summed E-state index contributed by atoms with van der Waals surface area (Å²) in [7, 11) is -2.06. The van der Waals surface area contributed by atoms with Gasteiger partial charge < -0.3 is 9.26 Å². The molecule has 3 aromatic rings. The van der Waals surface area contributed by atoms with Gasteiger partial charge >= 0.3 is 0 Å². The number of nitrogens with zero attached hydrogens (tertiary/aromatic N) is 3. The number of hydrogen-bond acceptors (Lipinski definition) is 7. The van der Waals surface area contributed by atoms with Gasteiger partial charge in [0.25, 0.3) is 0 Å². The van der Waals surface area contributed by atoms with Gasteiger partial charge in [-0.05, 0) is 38.1 Å². The van der Waals surface area contributed by atoms with Gasteiger partial charge in [-0.1, -0.05) is 5.16 Å². The van der Waals surface area contributed by atoms with E-state index in [1.165, 1.54) is 0 Å². The number of nitrogens with one attached hydrogen (secondary N) is 2. The van der Waals surface area contributed by atoms with Crippen LogP contribution in [-0.4, -0.2) is 42.4 Å². The highest BCUT2D eigenvalue weighted by Gasteiger charge is 2.22. The van der Waals surface area contributed by atoms with Crippen molar-refractivity contribution in [2.45, 2.75) is 25.2 Å². The Hall–Kier alpha value is -2.72. The zero-order chi connectivity index (χ0) is 18.7. The Morgan fingerprint density at radius 2 is 1.96 bits per heavy atom. The molecule has 0 aliphatic heterocycles. The lowest BCUT2D eigenvalue weighted by molar-refractivity contribution is 0.379. The minimum Gasteiger partial charge on any atom is -0.497 e. The molecule has 0 aliphatic carbocycles. The Balaban J connectivity index is 1.63. The summed E-state index contributed by atoms with van der Waals surface area (Å²) in [5, 5.41) is 10.5. The standard InChI is InChI=1S/C16H19N5O4S/c1-10-15(11(2)20-19-10)26(22,23)17-9-8-14-18-16(21-25-14)12-4-6-13(24-3)7-5-12/h4-7,17H,8-9H2,1-3H3,(H,19,20). The fourth-order valence-electron chi connectivity index (χ4n) is 2.51. The van der Waals surface area contributed by atoms with Crippen LogP contribution in [0.4, 0.5) is 0 Å². The number of aromatic amines is 1. The van der Waals surface area contributed by atoms with Crippen LogP contribution < -0.4 is 9.46 Å². The quantitative estimate of drug-likeness (QED) is 0.641. The van der Waals surface area contributed by atoms with Crippen molar-refractivity contribution in [3.05, 3.63) is 41.5 Å². The van der Waals surface area contributed by atoms with Crippen molar-refractivity contribution in [2.75, 3.05) is 13.7 Å². The maximum Gasteiger partial charge on any atom is 0.244 e. The van der Waals surface area contributed by atoms with Crippen LogP contribution in [0.3, 0.4) is 0 Å². The first kappa shape index (κ1) is 18.1. The highest BCUT2D eigenvalue weighted by atomic mass is 32.2. The summed E-state index contributed by atoms with van der Waals surface area (Å²) in [5.74, 6) is 1.52. The van der Waals surface area contributed by atoms with Crippen molar-refractivity contribution in [1.82, 2.24) is 25.1 Å². The highest BCUT2D eigenvalue weighted by molar-refractivity contribution is 7.89. The van der Waals surface area contributed by atoms with Crippen LogP contribution in [0.1, 0.15) is 17.3 Å². The van der Waals surface area contributed by atoms with Crippen molar-refractivity contribution in [3.8, 4) is 17.1 Å². The molecule has 26 heavy (non-hydrogen) atoms. The third-order valence-corrected chi connectivity index (χ3v) is 5.50. The largest absolute Gasteiger partial charge is 0.497 e. The molecule has 0 bridgehead atoms. The second-order valence-electron chi connectivity index (χ2n) is 5.65. The number of H-pyrrole nitrogens is 1. The van der Waals surface area contributed by atoms with E-state index < -0.39 is 10.0 Å². The van der Waals surface area contributed by atoms with Gasteiger partial charge in [0.1, 0.15) is 10.6 Å². The second-order valence-corrected chi connectivity index (χ2v) is 7.35. The molecule has 2 heterocycles. The number of ether oxygens (including phenoxy) is 1. The van der Waals surface area contributed by atoms with Crippen LogP contribution in [0, 0.1) is 13.8 Å². The Morgan fingerprint density at radius 3 is 2.58 bits per heavy atom. The molecule has 0 fully saturated rings. The Kier molecular flexibility index (Phi) is 5.05.